The Labute approximate surface area is 88.0 Å². The fourth-order valence-corrected chi connectivity index (χ4v) is 1.50. The van der Waals surface area contributed by atoms with Crippen LogP contribution in [0.4, 0.5) is 0 Å². The Morgan fingerprint density at radius 1 is 1.67 bits per heavy atom. The summed E-state index contributed by atoms with van der Waals surface area (Å²) in [5.41, 5.74) is 3.31. The SMILES string of the molecule is CN(C(=O)CN)C1(O)CCCCOC1=O. The van der Waals surface area contributed by atoms with Gasteiger partial charge >= 0.3 is 5.97 Å². The highest BCUT2D eigenvalue weighted by molar-refractivity contribution is 5.87. The zero-order valence-electron chi connectivity index (χ0n) is 8.73. The molecule has 1 fully saturated rings. The number of hydrogen-bond acceptors (Lipinski definition) is 5. The van der Waals surface area contributed by atoms with Crippen molar-refractivity contribution in [1.29, 1.82) is 0 Å². The number of ether oxygens (including phenoxy) is 1. The van der Waals surface area contributed by atoms with Crippen molar-refractivity contribution >= 4 is 11.9 Å². The molecule has 15 heavy (non-hydrogen) atoms. The first-order valence-electron chi connectivity index (χ1n) is 4.88. The van der Waals surface area contributed by atoms with Gasteiger partial charge < -0.3 is 20.5 Å². The van der Waals surface area contributed by atoms with Gasteiger partial charge in [-0.2, -0.15) is 0 Å². The van der Waals surface area contributed by atoms with Crippen molar-refractivity contribution in [2.75, 3.05) is 20.2 Å². The van der Waals surface area contributed by atoms with Crippen LogP contribution in [0, 0.1) is 0 Å². The molecule has 1 rings (SSSR count). The molecule has 1 aliphatic heterocycles. The van der Waals surface area contributed by atoms with Gasteiger partial charge in [-0.1, -0.05) is 0 Å². The van der Waals surface area contributed by atoms with Crippen LogP contribution in [0.25, 0.3) is 0 Å². The van der Waals surface area contributed by atoms with Gasteiger partial charge in [-0.05, 0) is 12.8 Å². The maximum absolute atomic E-state index is 11.5. The molecule has 1 unspecified atom stereocenters. The second-order valence-corrected chi connectivity index (χ2v) is 3.57. The topological polar surface area (TPSA) is 92.9 Å². The quantitative estimate of drug-likeness (QED) is 0.447. The smallest absolute Gasteiger partial charge is 0.359 e. The molecule has 0 radical (unpaired) electrons. The fourth-order valence-electron chi connectivity index (χ4n) is 1.50. The Kier molecular flexibility index (Phi) is 3.65. The van der Waals surface area contributed by atoms with E-state index in [4.69, 9.17) is 10.5 Å². The first-order chi connectivity index (χ1) is 7.02. The van der Waals surface area contributed by atoms with Crippen LogP contribution in [0.5, 0.6) is 0 Å². The van der Waals surface area contributed by atoms with E-state index in [-0.39, 0.29) is 19.6 Å². The summed E-state index contributed by atoms with van der Waals surface area (Å²) in [5, 5.41) is 10.1. The van der Waals surface area contributed by atoms with Crippen molar-refractivity contribution in [3.8, 4) is 0 Å². The van der Waals surface area contributed by atoms with Gasteiger partial charge in [0, 0.05) is 13.5 Å². The van der Waals surface area contributed by atoms with Crippen molar-refractivity contribution in [1.82, 2.24) is 4.90 Å². The largest absolute Gasteiger partial charge is 0.462 e. The number of cyclic esters (lactones) is 1. The van der Waals surface area contributed by atoms with E-state index in [1.54, 1.807) is 0 Å². The third-order valence-corrected chi connectivity index (χ3v) is 2.58. The van der Waals surface area contributed by atoms with E-state index >= 15 is 0 Å². The first-order valence-corrected chi connectivity index (χ1v) is 4.88. The predicted molar refractivity (Wildman–Crippen MR) is 51.6 cm³/mol. The summed E-state index contributed by atoms with van der Waals surface area (Å²) < 4.78 is 4.81. The minimum Gasteiger partial charge on any atom is -0.462 e. The van der Waals surface area contributed by atoms with Gasteiger partial charge in [-0.3, -0.25) is 4.79 Å². The lowest BCUT2D eigenvalue weighted by atomic mass is 10.1. The van der Waals surface area contributed by atoms with E-state index in [9.17, 15) is 14.7 Å². The Morgan fingerprint density at radius 2 is 2.33 bits per heavy atom. The van der Waals surface area contributed by atoms with E-state index in [0.29, 0.717) is 12.8 Å². The third-order valence-electron chi connectivity index (χ3n) is 2.58. The van der Waals surface area contributed by atoms with Crippen molar-refractivity contribution in [3.05, 3.63) is 0 Å². The Hall–Kier alpha value is -1.14. The number of carbonyl (C=O) groups excluding carboxylic acids is 2. The van der Waals surface area contributed by atoms with Crippen LogP contribution in [0.3, 0.4) is 0 Å². The summed E-state index contributed by atoms with van der Waals surface area (Å²) in [4.78, 5) is 23.8. The average molecular weight is 216 g/mol. The maximum atomic E-state index is 11.5. The molecule has 6 nitrogen and oxygen atoms in total. The minimum atomic E-state index is -1.85. The summed E-state index contributed by atoms with van der Waals surface area (Å²) in [6.07, 6.45) is 1.51. The lowest BCUT2D eigenvalue weighted by Gasteiger charge is -2.33. The molecule has 0 bridgehead atoms. The van der Waals surface area contributed by atoms with Crippen molar-refractivity contribution < 1.29 is 19.4 Å². The molecule has 3 N–H and O–H groups in total. The maximum Gasteiger partial charge on any atom is 0.359 e. The van der Waals surface area contributed by atoms with Crippen LogP contribution < -0.4 is 5.73 Å². The molecule has 0 aromatic carbocycles. The Balaban J connectivity index is 2.85. The molecule has 0 aromatic rings. The molecule has 6 heteroatoms. The van der Waals surface area contributed by atoms with Crippen LogP contribution in [0.1, 0.15) is 19.3 Å². The molecule has 1 saturated heterocycles. The third kappa shape index (κ3) is 2.27. The van der Waals surface area contributed by atoms with Crippen molar-refractivity contribution in [2.45, 2.75) is 25.0 Å². The fraction of sp³-hybridized carbons (Fsp3) is 0.778. The van der Waals surface area contributed by atoms with Gasteiger partial charge in [-0.15, -0.1) is 0 Å². The van der Waals surface area contributed by atoms with E-state index in [2.05, 4.69) is 0 Å². The van der Waals surface area contributed by atoms with Gasteiger partial charge in [0.15, 0.2) is 0 Å². The molecule has 0 aliphatic carbocycles. The standard InChI is InChI=1S/C9H16N2O4/c1-11(7(12)6-10)9(14)4-2-3-5-15-8(9)13/h14H,2-6,10H2,1H3. The lowest BCUT2D eigenvalue weighted by molar-refractivity contribution is -0.189. The zero-order valence-corrected chi connectivity index (χ0v) is 8.73. The highest BCUT2D eigenvalue weighted by Gasteiger charge is 2.44. The number of aliphatic hydroxyl groups is 1. The van der Waals surface area contributed by atoms with E-state index in [1.807, 2.05) is 0 Å². The summed E-state index contributed by atoms with van der Waals surface area (Å²) in [5.74, 6) is -1.26. The summed E-state index contributed by atoms with van der Waals surface area (Å²) in [7, 11) is 1.35. The molecule has 1 aliphatic rings. The molecule has 86 valence electrons. The van der Waals surface area contributed by atoms with Crippen LogP contribution in [-0.2, 0) is 14.3 Å². The van der Waals surface area contributed by atoms with Gasteiger partial charge in [0.25, 0.3) is 0 Å². The van der Waals surface area contributed by atoms with Gasteiger partial charge in [0.05, 0.1) is 13.2 Å². The lowest BCUT2D eigenvalue weighted by Crippen LogP contribution is -2.56. The second-order valence-electron chi connectivity index (χ2n) is 3.57. The number of esters is 1. The number of carbonyl (C=O) groups is 2. The molecule has 1 amide bonds. The zero-order chi connectivity index (χ0) is 11.5. The van der Waals surface area contributed by atoms with Crippen LogP contribution in [0.15, 0.2) is 0 Å². The summed E-state index contributed by atoms with van der Waals surface area (Å²) in [6.45, 7) is 0.0396. The minimum absolute atomic E-state index is 0.189. The van der Waals surface area contributed by atoms with Crippen LogP contribution in [0.2, 0.25) is 0 Å². The molecule has 0 saturated carbocycles. The molecule has 1 atom stereocenters. The number of amides is 1. The average Bonchev–Trinajstić information content (AvgIpc) is 2.40. The van der Waals surface area contributed by atoms with Crippen LogP contribution >= 0.6 is 0 Å². The highest BCUT2D eigenvalue weighted by atomic mass is 16.6. The van der Waals surface area contributed by atoms with E-state index < -0.39 is 17.6 Å². The number of nitrogens with zero attached hydrogens (tertiary/aromatic N) is 1. The molecular formula is C9H16N2O4. The molecule has 0 spiro atoms. The second kappa shape index (κ2) is 4.59. The molecule has 1 heterocycles. The monoisotopic (exact) mass is 216 g/mol. The van der Waals surface area contributed by atoms with Crippen molar-refractivity contribution in [2.24, 2.45) is 5.73 Å². The summed E-state index contributed by atoms with van der Waals surface area (Å²) in [6, 6.07) is 0. The van der Waals surface area contributed by atoms with Crippen molar-refractivity contribution in [3.63, 3.8) is 0 Å². The Morgan fingerprint density at radius 3 is 2.93 bits per heavy atom. The normalized spacial score (nSPS) is 26.7. The highest BCUT2D eigenvalue weighted by Crippen LogP contribution is 2.23. The number of hydrogen-bond donors (Lipinski definition) is 2. The van der Waals surface area contributed by atoms with Crippen LogP contribution in [-0.4, -0.2) is 47.8 Å². The predicted octanol–water partition coefficient (Wildman–Crippen LogP) is -1.18. The molecular weight excluding hydrogens is 200 g/mol. The van der Waals surface area contributed by atoms with Gasteiger partial charge in [-0.25, -0.2) is 4.79 Å². The number of rotatable bonds is 2. The first kappa shape index (κ1) is 11.9. The van der Waals surface area contributed by atoms with E-state index in [1.165, 1.54) is 7.05 Å². The molecule has 0 aromatic heterocycles. The number of likely N-dealkylation sites (N-methyl/N-ethyl adjacent to an activating group) is 1. The Bertz CT molecular complexity index is 269. The van der Waals surface area contributed by atoms with Gasteiger partial charge in [0.2, 0.25) is 11.6 Å². The summed E-state index contributed by atoms with van der Waals surface area (Å²) >= 11 is 0. The van der Waals surface area contributed by atoms with E-state index in [0.717, 1.165) is 4.90 Å². The number of nitrogens with two attached hydrogens (primary N) is 1. The van der Waals surface area contributed by atoms with Gasteiger partial charge in [0.1, 0.15) is 0 Å².